The number of morpholine rings is 1. The Morgan fingerprint density at radius 3 is 2.49 bits per heavy atom. The van der Waals surface area contributed by atoms with Gasteiger partial charge in [-0.1, -0.05) is 41.7 Å². The summed E-state index contributed by atoms with van der Waals surface area (Å²) in [5.41, 5.74) is 2.09. The number of aromatic nitrogens is 1. The first-order valence-electron chi connectivity index (χ1n) is 13.5. The summed E-state index contributed by atoms with van der Waals surface area (Å²) in [6.45, 7) is 4.77. The number of benzene rings is 3. The van der Waals surface area contributed by atoms with Crippen LogP contribution < -0.4 is 9.64 Å². The lowest BCUT2D eigenvalue weighted by Gasteiger charge is -2.27. The van der Waals surface area contributed by atoms with Crippen molar-refractivity contribution in [2.45, 2.75) is 17.9 Å². The number of carbonyl (C=O) groups is 1. The van der Waals surface area contributed by atoms with Crippen LogP contribution in [0.4, 0.5) is 5.13 Å². The summed E-state index contributed by atoms with van der Waals surface area (Å²) >= 11 is 1.43. The molecule has 216 valence electrons. The van der Waals surface area contributed by atoms with Crippen molar-refractivity contribution in [3.63, 3.8) is 0 Å². The molecule has 0 saturated carbocycles. The molecular formula is C30H34N4O5S2. The maximum Gasteiger partial charge on any atom is 0.260 e. The molecule has 0 spiro atoms. The SMILES string of the molecule is COc1ccc2nc(N(CCCN3CCOCC3)C(=O)c3ccc(S(=O)(=O)N(C)Cc4ccccc4)cc3)sc2c1. The molecule has 1 saturated heterocycles. The van der Waals surface area contributed by atoms with Gasteiger partial charge in [-0.25, -0.2) is 13.4 Å². The van der Waals surface area contributed by atoms with Gasteiger partial charge in [0, 0.05) is 45.3 Å². The van der Waals surface area contributed by atoms with E-state index < -0.39 is 10.0 Å². The number of thiazole rings is 1. The number of nitrogens with zero attached hydrogens (tertiary/aromatic N) is 4. The normalized spacial score (nSPS) is 14.4. The average molecular weight is 595 g/mol. The largest absolute Gasteiger partial charge is 0.497 e. The molecule has 1 amide bonds. The minimum absolute atomic E-state index is 0.137. The van der Waals surface area contributed by atoms with E-state index in [9.17, 15) is 13.2 Å². The molecular weight excluding hydrogens is 560 g/mol. The molecule has 1 aliphatic heterocycles. The molecule has 0 unspecified atom stereocenters. The summed E-state index contributed by atoms with van der Waals surface area (Å²) in [5.74, 6) is 0.506. The molecule has 0 bridgehead atoms. The summed E-state index contributed by atoms with van der Waals surface area (Å²) in [6, 6.07) is 21.2. The molecule has 0 atom stereocenters. The molecule has 41 heavy (non-hydrogen) atoms. The lowest BCUT2D eigenvalue weighted by molar-refractivity contribution is 0.0376. The third kappa shape index (κ3) is 6.94. The Kier molecular flexibility index (Phi) is 9.31. The number of ether oxygens (including phenoxy) is 2. The topological polar surface area (TPSA) is 92.3 Å². The molecule has 11 heteroatoms. The van der Waals surface area contributed by atoms with Crippen molar-refractivity contribution in [3.8, 4) is 5.75 Å². The number of anilines is 1. The molecule has 9 nitrogen and oxygen atoms in total. The van der Waals surface area contributed by atoms with Crippen molar-refractivity contribution in [2.24, 2.45) is 0 Å². The van der Waals surface area contributed by atoms with Crippen LogP contribution in [0, 0.1) is 0 Å². The minimum Gasteiger partial charge on any atom is -0.497 e. The van der Waals surface area contributed by atoms with Crippen molar-refractivity contribution >= 4 is 42.6 Å². The van der Waals surface area contributed by atoms with Crippen LogP contribution in [0.15, 0.2) is 77.7 Å². The van der Waals surface area contributed by atoms with Crippen LogP contribution in [0.2, 0.25) is 0 Å². The summed E-state index contributed by atoms with van der Waals surface area (Å²) in [4.78, 5) is 22.8. The van der Waals surface area contributed by atoms with Gasteiger partial charge >= 0.3 is 0 Å². The Bertz CT molecular complexity index is 1570. The van der Waals surface area contributed by atoms with E-state index in [1.165, 1.54) is 27.8 Å². The number of fused-ring (bicyclic) bond motifs is 1. The van der Waals surface area contributed by atoms with Gasteiger partial charge in [-0.2, -0.15) is 4.31 Å². The third-order valence-electron chi connectivity index (χ3n) is 7.08. The van der Waals surface area contributed by atoms with E-state index in [1.54, 1.807) is 31.2 Å². The van der Waals surface area contributed by atoms with E-state index in [0.717, 1.165) is 60.8 Å². The Morgan fingerprint density at radius 2 is 1.78 bits per heavy atom. The van der Waals surface area contributed by atoms with Crippen molar-refractivity contribution in [3.05, 3.63) is 83.9 Å². The van der Waals surface area contributed by atoms with Gasteiger partial charge in [0.05, 0.1) is 35.4 Å². The van der Waals surface area contributed by atoms with E-state index in [2.05, 4.69) is 4.90 Å². The number of sulfonamides is 1. The Labute approximate surface area is 245 Å². The zero-order valence-corrected chi connectivity index (χ0v) is 24.9. The fraction of sp³-hybridized carbons (Fsp3) is 0.333. The molecule has 0 aliphatic carbocycles. The highest BCUT2D eigenvalue weighted by atomic mass is 32.2. The lowest BCUT2D eigenvalue weighted by atomic mass is 10.2. The summed E-state index contributed by atoms with van der Waals surface area (Å²) in [6.07, 6.45) is 0.766. The number of amides is 1. The molecule has 1 fully saturated rings. The van der Waals surface area contributed by atoms with E-state index in [-0.39, 0.29) is 17.3 Å². The number of rotatable bonds is 11. The molecule has 5 rings (SSSR count). The van der Waals surface area contributed by atoms with Gasteiger partial charge in [0.2, 0.25) is 10.0 Å². The van der Waals surface area contributed by atoms with E-state index in [0.29, 0.717) is 17.2 Å². The average Bonchev–Trinajstić information content (AvgIpc) is 3.43. The fourth-order valence-electron chi connectivity index (χ4n) is 4.73. The zero-order chi connectivity index (χ0) is 28.8. The second-order valence-electron chi connectivity index (χ2n) is 9.87. The van der Waals surface area contributed by atoms with Crippen LogP contribution >= 0.6 is 11.3 Å². The Balaban J connectivity index is 1.36. The van der Waals surface area contributed by atoms with Crippen LogP contribution in [0.1, 0.15) is 22.3 Å². The maximum atomic E-state index is 13.8. The van der Waals surface area contributed by atoms with Gasteiger partial charge in [0.1, 0.15) is 5.75 Å². The van der Waals surface area contributed by atoms with Gasteiger partial charge in [-0.3, -0.25) is 14.6 Å². The predicted octanol–water partition coefficient (Wildman–Crippen LogP) is 4.49. The third-order valence-corrected chi connectivity index (χ3v) is 9.94. The van der Waals surface area contributed by atoms with Gasteiger partial charge in [0.25, 0.3) is 5.91 Å². The first-order chi connectivity index (χ1) is 19.8. The lowest BCUT2D eigenvalue weighted by Crippen LogP contribution is -2.39. The van der Waals surface area contributed by atoms with Crippen molar-refractivity contribution in [1.29, 1.82) is 0 Å². The number of hydrogen-bond acceptors (Lipinski definition) is 8. The second kappa shape index (κ2) is 13.1. The van der Waals surface area contributed by atoms with Gasteiger partial charge in [0.15, 0.2) is 5.13 Å². The first-order valence-corrected chi connectivity index (χ1v) is 15.8. The van der Waals surface area contributed by atoms with Crippen LogP contribution in [0.25, 0.3) is 10.2 Å². The van der Waals surface area contributed by atoms with Gasteiger partial charge in [-0.15, -0.1) is 0 Å². The van der Waals surface area contributed by atoms with Crippen LogP contribution in [-0.4, -0.2) is 82.1 Å². The number of methoxy groups -OCH3 is 1. The van der Waals surface area contributed by atoms with E-state index >= 15 is 0 Å². The summed E-state index contributed by atoms with van der Waals surface area (Å²) in [7, 11) is -0.558. The van der Waals surface area contributed by atoms with Crippen molar-refractivity contribution in [2.75, 3.05) is 58.5 Å². The van der Waals surface area contributed by atoms with Gasteiger partial charge in [-0.05, 0) is 54.4 Å². The maximum absolute atomic E-state index is 13.8. The zero-order valence-electron chi connectivity index (χ0n) is 23.2. The molecule has 1 aromatic heterocycles. The quantitative estimate of drug-likeness (QED) is 0.253. The predicted molar refractivity (Wildman–Crippen MR) is 161 cm³/mol. The number of hydrogen-bond donors (Lipinski definition) is 0. The molecule has 0 N–H and O–H groups in total. The van der Waals surface area contributed by atoms with Crippen LogP contribution in [0.3, 0.4) is 0 Å². The molecule has 1 aliphatic rings. The summed E-state index contributed by atoms with van der Waals surface area (Å²) < 4.78 is 39.5. The first kappa shape index (κ1) is 29.2. The monoisotopic (exact) mass is 594 g/mol. The second-order valence-corrected chi connectivity index (χ2v) is 12.9. The van der Waals surface area contributed by atoms with Gasteiger partial charge < -0.3 is 9.47 Å². The van der Waals surface area contributed by atoms with E-state index in [1.807, 2.05) is 48.5 Å². The molecule has 4 aromatic rings. The van der Waals surface area contributed by atoms with E-state index in [4.69, 9.17) is 14.5 Å². The van der Waals surface area contributed by atoms with Crippen LogP contribution in [-0.2, 0) is 21.3 Å². The highest BCUT2D eigenvalue weighted by Crippen LogP contribution is 2.32. The molecule has 2 heterocycles. The summed E-state index contributed by atoms with van der Waals surface area (Å²) in [5, 5.41) is 0.597. The van der Waals surface area contributed by atoms with Crippen LogP contribution in [0.5, 0.6) is 5.75 Å². The Morgan fingerprint density at radius 1 is 1.05 bits per heavy atom. The van der Waals surface area contributed by atoms with Crippen molar-refractivity contribution < 1.29 is 22.7 Å². The minimum atomic E-state index is -3.73. The smallest absolute Gasteiger partial charge is 0.260 e. The fourth-order valence-corrected chi connectivity index (χ4v) is 6.90. The Hall–Kier alpha value is -3.35. The number of carbonyl (C=O) groups excluding carboxylic acids is 1. The molecule has 3 aromatic carbocycles. The highest BCUT2D eigenvalue weighted by Gasteiger charge is 2.25. The molecule has 0 radical (unpaired) electrons. The standard InChI is InChI=1S/C30H34N4O5S2/c1-32(22-23-7-4-3-5-8-23)41(36,37)26-12-9-24(10-13-26)29(35)34(16-6-15-33-17-19-39-20-18-33)30-31-27-14-11-25(38-2)21-28(27)40-30/h3-5,7-14,21H,6,15-20,22H2,1-2H3. The van der Waals surface area contributed by atoms with Crippen molar-refractivity contribution in [1.82, 2.24) is 14.2 Å². The highest BCUT2D eigenvalue weighted by molar-refractivity contribution is 7.89.